The van der Waals surface area contributed by atoms with E-state index in [1.54, 1.807) is 24.3 Å². The Morgan fingerprint density at radius 2 is 2.00 bits per heavy atom. The quantitative estimate of drug-likeness (QED) is 0.670. The van der Waals surface area contributed by atoms with Crippen molar-refractivity contribution in [2.24, 2.45) is 0 Å². The third-order valence-corrected chi connectivity index (χ3v) is 3.18. The van der Waals surface area contributed by atoms with Crippen molar-refractivity contribution in [3.05, 3.63) is 71.6 Å². The molecular formula is C19H15FN2O3. The Balaban J connectivity index is 1.91. The van der Waals surface area contributed by atoms with Crippen molar-refractivity contribution in [1.82, 2.24) is 0 Å². The van der Waals surface area contributed by atoms with Crippen molar-refractivity contribution in [3.63, 3.8) is 0 Å². The van der Waals surface area contributed by atoms with Crippen LogP contribution in [-0.2, 0) is 14.3 Å². The molecule has 0 fully saturated rings. The molecule has 0 aliphatic heterocycles. The third kappa shape index (κ3) is 5.59. The van der Waals surface area contributed by atoms with E-state index in [2.05, 4.69) is 5.32 Å². The van der Waals surface area contributed by atoms with Crippen LogP contribution in [0.5, 0.6) is 0 Å². The summed E-state index contributed by atoms with van der Waals surface area (Å²) in [5.41, 5.74) is 1.34. The molecule has 1 amide bonds. The Labute approximate surface area is 144 Å². The lowest BCUT2D eigenvalue weighted by molar-refractivity contribution is -0.148. The molecular weight excluding hydrogens is 323 g/mol. The first kappa shape index (κ1) is 17.9. The van der Waals surface area contributed by atoms with Crippen LogP contribution < -0.4 is 5.32 Å². The molecule has 25 heavy (non-hydrogen) atoms. The minimum Gasteiger partial charge on any atom is -0.449 e. The van der Waals surface area contributed by atoms with Crippen molar-refractivity contribution >= 4 is 23.6 Å². The largest absolute Gasteiger partial charge is 0.449 e. The summed E-state index contributed by atoms with van der Waals surface area (Å²) in [5, 5.41) is 11.4. The van der Waals surface area contributed by atoms with Gasteiger partial charge in [0, 0.05) is 11.8 Å². The van der Waals surface area contributed by atoms with Crippen LogP contribution in [0.2, 0.25) is 0 Å². The number of ether oxygens (including phenoxy) is 1. The maximum Gasteiger partial charge on any atom is 0.331 e. The lowest BCUT2D eigenvalue weighted by Crippen LogP contribution is -2.29. The van der Waals surface area contributed by atoms with Gasteiger partial charge in [0.1, 0.15) is 5.82 Å². The molecule has 2 rings (SSSR count). The maximum absolute atomic E-state index is 13.0. The highest BCUT2D eigenvalue weighted by molar-refractivity contribution is 5.96. The van der Waals surface area contributed by atoms with Gasteiger partial charge in [0.25, 0.3) is 5.91 Å². The summed E-state index contributed by atoms with van der Waals surface area (Å²) in [6.07, 6.45) is 1.48. The SMILES string of the molecule is C[C@H](OC(=O)/C=C/c1cccc(F)c1)C(=O)Nc1cccc(C#N)c1. The number of hydrogen-bond donors (Lipinski definition) is 1. The lowest BCUT2D eigenvalue weighted by atomic mass is 10.2. The van der Waals surface area contributed by atoms with Gasteiger partial charge in [-0.3, -0.25) is 4.79 Å². The first-order chi connectivity index (χ1) is 12.0. The van der Waals surface area contributed by atoms with Gasteiger partial charge < -0.3 is 10.1 Å². The molecule has 6 heteroatoms. The molecule has 0 spiro atoms. The highest BCUT2D eigenvalue weighted by Gasteiger charge is 2.16. The first-order valence-corrected chi connectivity index (χ1v) is 7.43. The number of nitrogens with one attached hydrogen (secondary N) is 1. The summed E-state index contributed by atoms with van der Waals surface area (Å²) in [5.74, 6) is -1.66. The molecule has 1 N–H and O–H groups in total. The van der Waals surface area contributed by atoms with Crippen LogP contribution in [0, 0.1) is 17.1 Å². The zero-order chi connectivity index (χ0) is 18.2. The van der Waals surface area contributed by atoms with Gasteiger partial charge in [0.15, 0.2) is 6.10 Å². The number of hydrogen-bond acceptors (Lipinski definition) is 4. The van der Waals surface area contributed by atoms with E-state index >= 15 is 0 Å². The third-order valence-electron chi connectivity index (χ3n) is 3.18. The number of benzene rings is 2. The predicted molar refractivity (Wildman–Crippen MR) is 90.8 cm³/mol. The molecule has 2 aromatic carbocycles. The van der Waals surface area contributed by atoms with Gasteiger partial charge in [-0.1, -0.05) is 18.2 Å². The van der Waals surface area contributed by atoms with E-state index in [-0.39, 0.29) is 0 Å². The number of amides is 1. The number of carbonyl (C=O) groups excluding carboxylic acids is 2. The molecule has 0 aliphatic carbocycles. The van der Waals surface area contributed by atoms with Crippen molar-refractivity contribution in [3.8, 4) is 6.07 Å². The number of halogens is 1. The highest BCUT2D eigenvalue weighted by atomic mass is 19.1. The molecule has 0 bridgehead atoms. The van der Waals surface area contributed by atoms with Crippen molar-refractivity contribution in [2.45, 2.75) is 13.0 Å². The Bertz CT molecular complexity index is 856. The molecule has 0 aliphatic rings. The van der Waals surface area contributed by atoms with Crippen molar-refractivity contribution in [1.29, 1.82) is 5.26 Å². The smallest absolute Gasteiger partial charge is 0.331 e. The Hall–Kier alpha value is -3.46. The van der Waals surface area contributed by atoms with Crippen LogP contribution >= 0.6 is 0 Å². The second-order valence-corrected chi connectivity index (χ2v) is 5.15. The summed E-state index contributed by atoms with van der Waals surface area (Å²) < 4.78 is 18.0. The Kier molecular flexibility index (Phi) is 6.02. The number of rotatable bonds is 5. The van der Waals surface area contributed by atoms with Crippen LogP contribution in [0.25, 0.3) is 6.08 Å². The van der Waals surface area contributed by atoms with Gasteiger partial charge in [0.05, 0.1) is 11.6 Å². The van der Waals surface area contributed by atoms with Crippen molar-refractivity contribution < 1.29 is 18.7 Å². The van der Waals surface area contributed by atoms with Gasteiger partial charge in [0.2, 0.25) is 0 Å². The Morgan fingerprint density at radius 3 is 2.72 bits per heavy atom. The number of nitriles is 1. The van der Waals surface area contributed by atoms with Crippen LogP contribution in [0.1, 0.15) is 18.1 Å². The van der Waals surface area contributed by atoms with E-state index in [1.807, 2.05) is 6.07 Å². The van der Waals surface area contributed by atoms with Crippen LogP contribution in [0.4, 0.5) is 10.1 Å². The second kappa shape index (κ2) is 8.41. The van der Waals surface area contributed by atoms with Gasteiger partial charge in [-0.05, 0) is 48.9 Å². The molecule has 0 aromatic heterocycles. The minimum absolute atomic E-state index is 0.403. The zero-order valence-corrected chi connectivity index (χ0v) is 13.4. The summed E-state index contributed by atoms with van der Waals surface area (Å²) in [7, 11) is 0. The summed E-state index contributed by atoms with van der Waals surface area (Å²) >= 11 is 0. The van der Waals surface area contributed by atoms with Gasteiger partial charge in [-0.15, -0.1) is 0 Å². The fourth-order valence-corrected chi connectivity index (χ4v) is 1.95. The normalized spacial score (nSPS) is 11.6. The number of esters is 1. The molecule has 0 heterocycles. The molecule has 0 saturated carbocycles. The molecule has 1 atom stereocenters. The fourth-order valence-electron chi connectivity index (χ4n) is 1.95. The topological polar surface area (TPSA) is 79.2 Å². The van der Waals surface area contributed by atoms with E-state index in [4.69, 9.17) is 10.00 Å². The predicted octanol–water partition coefficient (Wildman–Crippen LogP) is 3.28. The van der Waals surface area contributed by atoms with E-state index in [9.17, 15) is 14.0 Å². The highest BCUT2D eigenvalue weighted by Crippen LogP contribution is 2.11. The summed E-state index contributed by atoms with van der Waals surface area (Å²) in [6.45, 7) is 1.43. The number of anilines is 1. The van der Waals surface area contributed by atoms with Gasteiger partial charge in [-0.25, -0.2) is 9.18 Å². The maximum atomic E-state index is 13.0. The standard InChI is InChI=1S/C19H15FN2O3/c1-13(19(24)22-17-7-3-5-15(11-17)12-21)25-18(23)9-8-14-4-2-6-16(20)10-14/h2-11,13H,1H3,(H,22,24)/b9-8+/t13-/m0/s1. The first-order valence-electron chi connectivity index (χ1n) is 7.43. The van der Waals surface area contributed by atoms with Crippen LogP contribution in [-0.4, -0.2) is 18.0 Å². The van der Waals surface area contributed by atoms with Crippen LogP contribution in [0.3, 0.4) is 0 Å². The van der Waals surface area contributed by atoms with E-state index < -0.39 is 23.8 Å². The molecule has 0 saturated heterocycles. The van der Waals surface area contributed by atoms with Crippen molar-refractivity contribution in [2.75, 3.05) is 5.32 Å². The lowest BCUT2D eigenvalue weighted by Gasteiger charge is -2.12. The zero-order valence-electron chi connectivity index (χ0n) is 13.4. The molecule has 5 nitrogen and oxygen atoms in total. The average molecular weight is 338 g/mol. The molecule has 126 valence electrons. The monoisotopic (exact) mass is 338 g/mol. The van der Waals surface area contributed by atoms with Gasteiger partial charge in [-0.2, -0.15) is 5.26 Å². The molecule has 0 radical (unpaired) electrons. The van der Waals surface area contributed by atoms with Gasteiger partial charge >= 0.3 is 5.97 Å². The second-order valence-electron chi connectivity index (χ2n) is 5.15. The van der Waals surface area contributed by atoms with Crippen LogP contribution in [0.15, 0.2) is 54.6 Å². The fraction of sp³-hybridized carbons (Fsp3) is 0.105. The summed E-state index contributed by atoms with van der Waals surface area (Å²) in [4.78, 5) is 23.8. The Morgan fingerprint density at radius 1 is 1.24 bits per heavy atom. The minimum atomic E-state index is -1.03. The molecule has 0 unspecified atom stereocenters. The number of carbonyl (C=O) groups is 2. The summed E-state index contributed by atoms with van der Waals surface area (Å²) in [6, 6.07) is 14.0. The molecule has 2 aromatic rings. The van der Waals surface area contributed by atoms with E-state index in [1.165, 1.54) is 37.3 Å². The van der Waals surface area contributed by atoms with E-state index in [0.29, 0.717) is 16.8 Å². The number of nitrogens with zero attached hydrogens (tertiary/aromatic N) is 1. The van der Waals surface area contributed by atoms with E-state index in [0.717, 1.165) is 6.08 Å². The average Bonchev–Trinajstić information content (AvgIpc) is 2.60.